The minimum atomic E-state index is -3.71. The SMILES string of the molecule is CCCCCCCCCCCCC/C=C/[C@@H](OCc1ccc(OC)cc1)[C@H](CCP(=O)(O)OC)N=[N+]=[N-]. The van der Waals surface area contributed by atoms with Crippen LogP contribution >= 0.6 is 7.60 Å². The van der Waals surface area contributed by atoms with Crippen molar-refractivity contribution in [1.29, 1.82) is 0 Å². The first kappa shape index (κ1) is 33.2. The Morgan fingerprint density at radius 3 is 2.14 bits per heavy atom. The summed E-state index contributed by atoms with van der Waals surface area (Å²) in [7, 11) is -0.893. The summed E-state index contributed by atoms with van der Waals surface area (Å²) in [6.07, 6.45) is 18.8. The summed E-state index contributed by atoms with van der Waals surface area (Å²) in [5.74, 6) is 0.761. The van der Waals surface area contributed by atoms with E-state index in [0.717, 1.165) is 24.2 Å². The molecular formula is C28H48N3O5P. The number of hydrogen-bond acceptors (Lipinski definition) is 5. The lowest BCUT2D eigenvalue weighted by atomic mass is 10.0. The molecule has 1 aromatic rings. The van der Waals surface area contributed by atoms with E-state index in [4.69, 9.17) is 15.0 Å². The van der Waals surface area contributed by atoms with E-state index >= 15 is 0 Å². The Balaban J connectivity index is 2.56. The van der Waals surface area contributed by atoms with Gasteiger partial charge < -0.3 is 18.9 Å². The monoisotopic (exact) mass is 537 g/mol. The van der Waals surface area contributed by atoms with E-state index in [1.54, 1.807) is 7.11 Å². The van der Waals surface area contributed by atoms with Crippen LogP contribution in [-0.2, 0) is 20.4 Å². The van der Waals surface area contributed by atoms with Gasteiger partial charge in [-0.05, 0) is 42.5 Å². The van der Waals surface area contributed by atoms with Crippen molar-refractivity contribution in [2.75, 3.05) is 20.4 Å². The average molecular weight is 538 g/mol. The Labute approximate surface area is 224 Å². The van der Waals surface area contributed by atoms with Crippen molar-refractivity contribution in [3.05, 3.63) is 52.4 Å². The first-order valence-corrected chi connectivity index (χ1v) is 15.5. The highest BCUT2D eigenvalue weighted by atomic mass is 31.2. The minimum Gasteiger partial charge on any atom is -0.497 e. The molecule has 0 radical (unpaired) electrons. The fraction of sp³-hybridized carbons (Fsp3) is 0.714. The molecule has 0 aliphatic rings. The first-order valence-electron chi connectivity index (χ1n) is 13.8. The largest absolute Gasteiger partial charge is 0.497 e. The molecule has 0 aromatic heterocycles. The van der Waals surface area contributed by atoms with Crippen molar-refractivity contribution in [3.63, 3.8) is 0 Å². The molecule has 0 amide bonds. The van der Waals surface area contributed by atoms with Gasteiger partial charge in [0.05, 0.1) is 32.0 Å². The molecule has 0 saturated carbocycles. The molecule has 1 rings (SSSR count). The molecule has 37 heavy (non-hydrogen) atoms. The van der Waals surface area contributed by atoms with Gasteiger partial charge in [-0.25, -0.2) is 0 Å². The maximum absolute atomic E-state index is 12.0. The van der Waals surface area contributed by atoms with Crippen LogP contribution in [0.5, 0.6) is 5.75 Å². The number of benzene rings is 1. The standard InChI is InChI=1S/C28H48N3O5P/c1-4-5-6-7-8-9-10-11-12-13-14-15-16-17-28(27(30-31-29)22-23-37(32,33)35-3)36-24-25-18-20-26(34-2)21-19-25/h16-21,27-28H,4-15,22-24H2,1-3H3,(H,32,33)/b17-16+/t27-,28+/m0/s1. The number of hydrogen-bond donors (Lipinski definition) is 1. The van der Waals surface area contributed by atoms with Gasteiger partial charge in [0.2, 0.25) is 0 Å². The van der Waals surface area contributed by atoms with E-state index in [1.165, 1.54) is 71.3 Å². The van der Waals surface area contributed by atoms with Crippen LogP contribution in [0.2, 0.25) is 0 Å². The van der Waals surface area contributed by atoms with Crippen LogP contribution in [0.25, 0.3) is 10.4 Å². The van der Waals surface area contributed by atoms with Gasteiger partial charge in [-0.3, -0.25) is 4.57 Å². The predicted molar refractivity (Wildman–Crippen MR) is 151 cm³/mol. The van der Waals surface area contributed by atoms with Crippen LogP contribution in [-0.4, -0.2) is 37.4 Å². The molecule has 0 aliphatic carbocycles. The number of ether oxygens (including phenoxy) is 2. The topological polar surface area (TPSA) is 114 Å². The number of allylic oxidation sites excluding steroid dienone is 1. The van der Waals surface area contributed by atoms with Crippen molar-refractivity contribution in [3.8, 4) is 5.75 Å². The molecule has 1 unspecified atom stereocenters. The van der Waals surface area contributed by atoms with Crippen molar-refractivity contribution < 1.29 is 23.5 Å². The normalized spacial score (nSPS) is 14.7. The summed E-state index contributed by atoms with van der Waals surface area (Å²) < 4.78 is 28.0. The van der Waals surface area contributed by atoms with Gasteiger partial charge in [-0.2, -0.15) is 0 Å². The second-order valence-electron chi connectivity index (χ2n) is 9.48. The van der Waals surface area contributed by atoms with Gasteiger partial charge in [-0.1, -0.05) is 101 Å². The van der Waals surface area contributed by atoms with Gasteiger partial charge in [0, 0.05) is 12.0 Å². The number of unbranched alkanes of at least 4 members (excludes halogenated alkanes) is 11. The number of methoxy groups -OCH3 is 1. The Morgan fingerprint density at radius 2 is 1.59 bits per heavy atom. The van der Waals surface area contributed by atoms with E-state index in [-0.39, 0.29) is 12.6 Å². The highest BCUT2D eigenvalue weighted by Crippen LogP contribution is 2.42. The van der Waals surface area contributed by atoms with Gasteiger partial charge in [0.15, 0.2) is 0 Å². The van der Waals surface area contributed by atoms with Crippen molar-refractivity contribution in [1.82, 2.24) is 0 Å². The highest BCUT2D eigenvalue weighted by Gasteiger charge is 2.24. The molecule has 1 aromatic carbocycles. The maximum Gasteiger partial charge on any atom is 0.327 e. The summed E-state index contributed by atoms with van der Waals surface area (Å²) >= 11 is 0. The fourth-order valence-corrected chi connectivity index (χ4v) is 4.88. The van der Waals surface area contributed by atoms with Crippen LogP contribution in [0.1, 0.15) is 96.0 Å². The van der Waals surface area contributed by atoms with Crippen molar-refractivity contribution >= 4 is 7.60 Å². The summed E-state index contributed by atoms with van der Waals surface area (Å²) in [5, 5.41) is 3.88. The Hall–Kier alpha value is -1.82. The van der Waals surface area contributed by atoms with Crippen molar-refractivity contribution in [2.45, 2.75) is 109 Å². The second-order valence-corrected chi connectivity index (χ2v) is 11.6. The molecule has 1 N–H and O–H groups in total. The quantitative estimate of drug-likeness (QED) is 0.0374. The van der Waals surface area contributed by atoms with E-state index in [9.17, 15) is 9.46 Å². The average Bonchev–Trinajstić information content (AvgIpc) is 2.91. The molecule has 3 atom stereocenters. The second kappa shape index (κ2) is 21.2. The van der Waals surface area contributed by atoms with Gasteiger partial charge in [-0.15, -0.1) is 0 Å². The van der Waals surface area contributed by atoms with Crippen LogP contribution in [0.3, 0.4) is 0 Å². The summed E-state index contributed by atoms with van der Waals surface area (Å²) in [4.78, 5) is 12.8. The molecule has 0 fully saturated rings. The molecule has 0 spiro atoms. The zero-order valence-electron chi connectivity index (χ0n) is 23.1. The number of rotatable bonds is 23. The third-order valence-electron chi connectivity index (χ3n) is 6.47. The minimum absolute atomic E-state index is 0.109. The summed E-state index contributed by atoms with van der Waals surface area (Å²) in [5.41, 5.74) is 10.1. The molecule has 0 heterocycles. The third-order valence-corrected chi connectivity index (χ3v) is 7.87. The molecule has 0 aliphatic heterocycles. The fourth-order valence-electron chi connectivity index (χ4n) is 4.11. The number of azide groups is 1. The van der Waals surface area contributed by atoms with Crippen molar-refractivity contribution in [2.24, 2.45) is 5.11 Å². The lowest BCUT2D eigenvalue weighted by Crippen LogP contribution is -2.26. The first-order chi connectivity index (χ1) is 18.0. The lowest BCUT2D eigenvalue weighted by Gasteiger charge is -2.22. The van der Waals surface area contributed by atoms with Gasteiger partial charge in [0.1, 0.15) is 5.75 Å². The molecule has 8 nitrogen and oxygen atoms in total. The Bertz CT molecular complexity index is 828. The molecule has 0 bridgehead atoms. The molecule has 0 saturated heterocycles. The highest BCUT2D eigenvalue weighted by molar-refractivity contribution is 7.52. The summed E-state index contributed by atoms with van der Waals surface area (Å²) in [6, 6.07) is 6.94. The van der Waals surface area contributed by atoms with Crippen LogP contribution in [0.4, 0.5) is 0 Å². The third kappa shape index (κ3) is 16.6. The van der Waals surface area contributed by atoms with Crippen LogP contribution < -0.4 is 4.74 Å². The number of nitrogens with zero attached hydrogens (tertiary/aromatic N) is 3. The zero-order valence-corrected chi connectivity index (χ0v) is 24.0. The van der Waals surface area contributed by atoms with Crippen LogP contribution in [0, 0.1) is 0 Å². The van der Waals surface area contributed by atoms with Crippen LogP contribution in [0.15, 0.2) is 41.5 Å². The van der Waals surface area contributed by atoms with E-state index in [0.29, 0.717) is 6.61 Å². The Kier molecular flexibility index (Phi) is 19.0. The van der Waals surface area contributed by atoms with E-state index in [2.05, 4.69) is 27.5 Å². The lowest BCUT2D eigenvalue weighted by molar-refractivity contribution is 0.0540. The smallest absolute Gasteiger partial charge is 0.327 e. The van der Waals surface area contributed by atoms with E-state index < -0.39 is 19.7 Å². The zero-order chi connectivity index (χ0) is 27.2. The maximum atomic E-state index is 12.0. The molecule has 210 valence electrons. The van der Waals surface area contributed by atoms with Gasteiger partial charge >= 0.3 is 7.60 Å². The molecule has 9 heteroatoms. The van der Waals surface area contributed by atoms with Gasteiger partial charge in [0.25, 0.3) is 0 Å². The predicted octanol–water partition coefficient (Wildman–Crippen LogP) is 8.74. The summed E-state index contributed by atoms with van der Waals surface area (Å²) in [6.45, 7) is 2.57. The molecular weight excluding hydrogens is 489 g/mol. The van der Waals surface area contributed by atoms with E-state index in [1.807, 2.05) is 30.3 Å². The Morgan fingerprint density at radius 1 is 1.00 bits per heavy atom.